The normalized spacial score (nSPS) is 10.5. The Hall–Kier alpha value is -1.55. The molecule has 0 fully saturated rings. The topological polar surface area (TPSA) is 25.8 Å². The highest BCUT2D eigenvalue weighted by molar-refractivity contribution is 6.28. The van der Waals surface area contributed by atoms with Crippen molar-refractivity contribution in [3.8, 4) is 11.3 Å². The molecular formula is C11H7ClF2N2. The molecule has 0 radical (unpaired) electrons. The molecule has 0 spiro atoms. The molecule has 16 heavy (non-hydrogen) atoms. The molecule has 82 valence electrons. The van der Waals surface area contributed by atoms with Crippen LogP contribution < -0.4 is 0 Å². The van der Waals surface area contributed by atoms with E-state index >= 15 is 0 Å². The van der Waals surface area contributed by atoms with Crippen LogP contribution in [0.1, 0.15) is 5.69 Å². The molecule has 0 bridgehead atoms. The van der Waals surface area contributed by atoms with Crippen LogP contribution in [-0.4, -0.2) is 9.97 Å². The van der Waals surface area contributed by atoms with Gasteiger partial charge in [-0.1, -0.05) is 0 Å². The molecule has 0 unspecified atom stereocenters. The number of hydrogen-bond acceptors (Lipinski definition) is 2. The molecule has 0 N–H and O–H groups in total. The highest BCUT2D eigenvalue weighted by atomic mass is 35.5. The molecule has 0 saturated carbocycles. The third-order valence-electron chi connectivity index (χ3n) is 2.03. The molecular weight excluding hydrogens is 234 g/mol. The number of nitrogens with zero attached hydrogens (tertiary/aromatic N) is 2. The van der Waals surface area contributed by atoms with Gasteiger partial charge >= 0.3 is 0 Å². The van der Waals surface area contributed by atoms with Crippen molar-refractivity contribution in [3.05, 3.63) is 46.9 Å². The SMILES string of the molecule is Cc1cc(-c2ccc(F)cc2F)nc(Cl)n1. The van der Waals surface area contributed by atoms with E-state index in [-0.39, 0.29) is 10.8 Å². The predicted octanol–water partition coefficient (Wildman–Crippen LogP) is 3.38. The van der Waals surface area contributed by atoms with Crippen LogP contribution in [0.5, 0.6) is 0 Å². The zero-order chi connectivity index (χ0) is 11.7. The van der Waals surface area contributed by atoms with E-state index in [1.165, 1.54) is 12.1 Å². The molecule has 0 aliphatic heterocycles. The van der Waals surface area contributed by atoms with Gasteiger partial charge in [0, 0.05) is 17.3 Å². The Labute approximate surface area is 95.9 Å². The Balaban J connectivity index is 2.58. The molecule has 0 atom stereocenters. The quantitative estimate of drug-likeness (QED) is 0.714. The van der Waals surface area contributed by atoms with Crippen LogP contribution in [-0.2, 0) is 0 Å². The van der Waals surface area contributed by atoms with Gasteiger partial charge in [-0.05, 0) is 36.7 Å². The minimum atomic E-state index is -0.672. The second kappa shape index (κ2) is 4.14. The van der Waals surface area contributed by atoms with Crippen LogP contribution in [0.4, 0.5) is 8.78 Å². The van der Waals surface area contributed by atoms with Gasteiger partial charge in [-0.3, -0.25) is 0 Å². The summed E-state index contributed by atoms with van der Waals surface area (Å²) in [6.07, 6.45) is 0. The van der Waals surface area contributed by atoms with Gasteiger partial charge in [0.05, 0.1) is 5.69 Å². The summed E-state index contributed by atoms with van der Waals surface area (Å²) in [5.74, 6) is -1.30. The van der Waals surface area contributed by atoms with E-state index in [2.05, 4.69) is 9.97 Å². The van der Waals surface area contributed by atoms with Crippen molar-refractivity contribution in [1.82, 2.24) is 9.97 Å². The largest absolute Gasteiger partial charge is 0.223 e. The Kier molecular flexibility index (Phi) is 2.83. The van der Waals surface area contributed by atoms with Crippen LogP contribution in [0.3, 0.4) is 0 Å². The molecule has 0 aliphatic rings. The number of benzene rings is 1. The van der Waals surface area contributed by atoms with Crippen molar-refractivity contribution in [3.63, 3.8) is 0 Å². The molecule has 0 amide bonds. The van der Waals surface area contributed by atoms with Gasteiger partial charge in [0.2, 0.25) is 5.28 Å². The maximum Gasteiger partial charge on any atom is 0.223 e. The van der Waals surface area contributed by atoms with Gasteiger partial charge in [-0.25, -0.2) is 18.7 Å². The monoisotopic (exact) mass is 240 g/mol. The highest BCUT2D eigenvalue weighted by Crippen LogP contribution is 2.23. The molecule has 2 rings (SSSR count). The van der Waals surface area contributed by atoms with Crippen LogP contribution in [0.2, 0.25) is 5.28 Å². The van der Waals surface area contributed by atoms with Crippen molar-refractivity contribution >= 4 is 11.6 Å². The molecule has 0 aliphatic carbocycles. The van der Waals surface area contributed by atoms with Gasteiger partial charge in [0.1, 0.15) is 11.6 Å². The molecule has 5 heteroatoms. The summed E-state index contributed by atoms with van der Waals surface area (Å²) in [7, 11) is 0. The fourth-order valence-electron chi connectivity index (χ4n) is 1.37. The summed E-state index contributed by atoms with van der Waals surface area (Å²) in [6, 6.07) is 4.88. The fraction of sp³-hybridized carbons (Fsp3) is 0.0909. The predicted molar refractivity (Wildman–Crippen MR) is 57.1 cm³/mol. The minimum Gasteiger partial charge on any atom is -0.223 e. The van der Waals surface area contributed by atoms with Crippen molar-refractivity contribution in [2.75, 3.05) is 0 Å². The first-order valence-electron chi connectivity index (χ1n) is 4.53. The molecule has 2 aromatic rings. The first-order valence-corrected chi connectivity index (χ1v) is 4.90. The maximum atomic E-state index is 13.5. The Bertz CT molecular complexity index is 523. The van der Waals surface area contributed by atoms with Crippen LogP contribution >= 0.6 is 11.6 Å². The summed E-state index contributed by atoms with van der Waals surface area (Å²) in [6.45, 7) is 1.72. The molecule has 1 heterocycles. The standard InChI is InChI=1S/C11H7ClF2N2/c1-6-4-10(16-11(12)15-6)8-3-2-7(13)5-9(8)14/h2-5H,1H3. The summed E-state index contributed by atoms with van der Waals surface area (Å²) in [4.78, 5) is 7.75. The van der Waals surface area contributed by atoms with E-state index in [4.69, 9.17) is 11.6 Å². The van der Waals surface area contributed by atoms with E-state index in [9.17, 15) is 8.78 Å². The summed E-state index contributed by atoms with van der Waals surface area (Å²) < 4.78 is 26.2. The van der Waals surface area contributed by atoms with Gasteiger partial charge < -0.3 is 0 Å². The number of rotatable bonds is 1. The molecule has 1 aromatic heterocycles. The lowest BCUT2D eigenvalue weighted by molar-refractivity contribution is 0.585. The van der Waals surface area contributed by atoms with Crippen molar-refractivity contribution < 1.29 is 8.78 Å². The zero-order valence-corrected chi connectivity index (χ0v) is 9.09. The summed E-state index contributed by atoms with van der Waals surface area (Å²) in [5.41, 5.74) is 1.17. The van der Waals surface area contributed by atoms with Crippen molar-refractivity contribution in [2.24, 2.45) is 0 Å². The van der Waals surface area contributed by atoms with E-state index in [1.807, 2.05) is 0 Å². The van der Waals surface area contributed by atoms with Gasteiger partial charge in [0.15, 0.2) is 0 Å². The Morgan fingerprint density at radius 3 is 2.50 bits per heavy atom. The first kappa shape index (κ1) is 11.0. The summed E-state index contributed by atoms with van der Waals surface area (Å²) >= 11 is 5.66. The minimum absolute atomic E-state index is 0.0405. The van der Waals surface area contributed by atoms with E-state index < -0.39 is 11.6 Å². The third kappa shape index (κ3) is 2.17. The van der Waals surface area contributed by atoms with Crippen LogP contribution in [0, 0.1) is 18.6 Å². The van der Waals surface area contributed by atoms with Crippen LogP contribution in [0.25, 0.3) is 11.3 Å². The van der Waals surface area contributed by atoms with E-state index in [1.54, 1.807) is 13.0 Å². The van der Waals surface area contributed by atoms with Crippen molar-refractivity contribution in [2.45, 2.75) is 6.92 Å². The summed E-state index contributed by atoms with van der Waals surface area (Å²) in [5, 5.41) is 0.0405. The zero-order valence-electron chi connectivity index (χ0n) is 8.34. The number of hydrogen-bond donors (Lipinski definition) is 0. The average Bonchev–Trinajstić information content (AvgIpc) is 2.15. The number of halogens is 3. The van der Waals surface area contributed by atoms with Gasteiger partial charge in [-0.2, -0.15) is 0 Å². The second-order valence-corrected chi connectivity index (χ2v) is 3.63. The van der Waals surface area contributed by atoms with Crippen LogP contribution in [0.15, 0.2) is 24.3 Å². The second-order valence-electron chi connectivity index (χ2n) is 3.29. The maximum absolute atomic E-state index is 13.5. The van der Waals surface area contributed by atoms with E-state index in [0.717, 1.165) is 6.07 Å². The van der Waals surface area contributed by atoms with Gasteiger partial charge in [-0.15, -0.1) is 0 Å². The lowest BCUT2D eigenvalue weighted by atomic mass is 10.1. The highest BCUT2D eigenvalue weighted by Gasteiger charge is 2.09. The first-order chi connectivity index (χ1) is 7.56. The number of aromatic nitrogens is 2. The van der Waals surface area contributed by atoms with Crippen molar-refractivity contribution in [1.29, 1.82) is 0 Å². The number of aryl methyl sites for hydroxylation is 1. The molecule has 0 saturated heterocycles. The molecule has 2 nitrogen and oxygen atoms in total. The van der Waals surface area contributed by atoms with E-state index in [0.29, 0.717) is 11.4 Å². The smallest absolute Gasteiger partial charge is 0.223 e. The fourth-order valence-corrected chi connectivity index (χ4v) is 1.59. The van der Waals surface area contributed by atoms with Gasteiger partial charge in [0.25, 0.3) is 0 Å². The Morgan fingerprint density at radius 1 is 1.12 bits per heavy atom. The Morgan fingerprint density at radius 2 is 1.88 bits per heavy atom. The average molecular weight is 241 g/mol. The molecule has 1 aromatic carbocycles. The third-order valence-corrected chi connectivity index (χ3v) is 2.20. The lowest BCUT2D eigenvalue weighted by Crippen LogP contribution is -1.93. The lowest BCUT2D eigenvalue weighted by Gasteiger charge is -2.04.